The van der Waals surface area contributed by atoms with Gasteiger partial charge >= 0.3 is 0 Å². The summed E-state index contributed by atoms with van der Waals surface area (Å²) in [5, 5.41) is 3.19. The van der Waals surface area contributed by atoms with E-state index in [9.17, 15) is 22.4 Å². The molecule has 0 heterocycles. The predicted molar refractivity (Wildman–Crippen MR) is 158 cm³/mol. The lowest BCUT2D eigenvalue weighted by Crippen LogP contribution is -2.52. The number of rotatable bonds is 14. The fourth-order valence-corrected chi connectivity index (χ4v) is 5.75. The number of nitrogens with one attached hydrogen (secondary N) is 1. The summed E-state index contributed by atoms with van der Waals surface area (Å²) < 4.78 is 47.9. The molecule has 0 saturated carbocycles. The molecule has 0 unspecified atom stereocenters. The van der Waals surface area contributed by atoms with Crippen molar-refractivity contribution in [3.05, 3.63) is 89.2 Å². The third-order valence-electron chi connectivity index (χ3n) is 6.32. The minimum atomic E-state index is -4.23. The van der Waals surface area contributed by atoms with Gasteiger partial charge in [0, 0.05) is 18.1 Å². The summed E-state index contributed by atoms with van der Waals surface area (Å²) in [6.07, 6.45) is 0.994. The second kappa shape index (κ2) is 14.8. The number of carbonyl (C=O) groups is 2. The maximum absolute atomic E-state index is 14.0. The second-order valence-corrected chi connectivity index (χ2v) is 11.6. The molecule has 0 bridgehead atoms. The lowest BCUT2D eigenvalue weighted by molar-refractivity contribution is -0.140. The van der Waals surface area contributed by atoms with E-state index in [0.29, 0.717) is 35.9 Å². The fraction of sp³-hybridized carbons (Fsp3) is 0.333. The molecule has 8 nitrogen and oxygen atoms in total. The standard InChI is InChI=1S/C30H35ClFN3O5S/c1-4-19-33-30(37)28(5-2)34(20-22-7-11-24(32)12-8-22)29(36)21-35(25-13-15-26(16-14-25)40-6-3)41(38,39)27-17-9-23(31)10-18-27/h7-18,28H,4-6,19-21H2,1-3H3,(H,33,37)/t28-/m0/s1. The lowest BCUT2D eigenvalue weighted by Gasteiger charge is -2.33. The van der Waals surface area contributed by atoms with E-state index >= 15 is 0 Å². The number of amides is 2. The van der Waals surface area contributed by atoms with Crippen LogP contribution >= 0.6 is 11.6 Å². The van der Waals surface area contributed by atoms with Gasteiger partial charge in [0.1, 0.15) is 24.2 Å². The summed E-state index contributed by atoms with van der Waals surface area (Å²) in [6.45, 7) is 5.78. The Bertz CT molecular complexity index is 1400. The normalized spacial score (nSPS) is 11.9. The van der Waals surface area contributed by atoms with Gasteiger partial charge in [0.25, 0.3) is 10.0 Å². The third kappa shape index (κ3) is 8.43. The number of halogens is 2. The molecule has 0 fully saturated rings. The Balaban J connectivity index is 2.04. The molecule has 0 radical (unpaired) electrons. The van der Waals surface area contributed by atoms with Crippen LogP contribution in [0.2, 0.25) is 5.02 Å². The third-order valence-corrected chi connectivity index (χ3v) is 8.36. The van der Waals surface area contributed by atoms with Gasteiger partial charge < -0.3 is 15.0 Å². The molecule has 0 saturated heterocycles. The molecular weight excluding hydrogens is 569 g/mol. The van der Waals surface area contributed by atoms with Crippen molar-refractivity contribution in [2.24, 2.45) is 0 Å². The molecule has 0 aliphatic heterocycles. The van der Waals surface area contributed by atoms with Crippen LogP contribution in [0, 0.1) is 5.82 Å². The van der Waals surface area contributed by atoms with E-state index in [-0.39, 0.29) is 29.5 Å². The van der Waals surface area contributed by atoms with Gasteiger partial charge in [-0.05, 0) is 86.0 Å². The largest absolute Gasteiger partial charge is 0.494 e. The Morgan fingerprint density at radius 3 is 2.15 bits per heavy atom. The van der Waals surface area contributed by atoms with E-state index in [1.807, 2.05) is 13.8 Å². The maximum Gasteiger partial charge on any atom is 0.264 e. The molecule has 220 valence electrons. The van der Waals surface area contributed by atoms with E-state index in [4.69, 9.17) is 16.3 Å². The molecule has 1 atom stereocenters. The van der Waals surface area contributed by atoms with Gasteiger partial charge in [-0.3, -0.25) is 13.9 Å². The highest BCUT2D eigenvalue weighted by Crippen LogP contribution is 2.27. The van der Waals surface area contributed by atoms with Crippen molar-refractivity contribution < 1.29 is 27.1 Å². The lowest BCUT2D eigenvalue weighted by atomic mass is 10.1. The first kappa shape index (κ1) is 31.9. The zero-order valence-electron chi connectivity index (χ0n) is 23.3. The number of carbonyl (C=O) groups excluding carboxylic acids is 2. The molecular formula is C30H35ClFN3O5S. The first-order valence-electron chi connectivity index (χ1n) is 13.4. The first-order chi connectivity index (χ1) is 19.6. The smallest absolute Gasteiger partial charge is 0.264 e. The molecule has 1 N–H and O–H groups in total. The number of hydrogen-bond donors (Lipinski definition) is 1. The van der Waals surface area contributed by atoms with Gasteiger partial charge in [0.2, 0.25) is 11.8 Å². The van der Waals surface area contributed by atoms with Crippen molar-refractivity contribution in [2.75, 3.05) is 24.0 Å². The van der Waals surface area contributed by atoms with Crippen molar-refractivity contribution in [3.8, 4) is 5.75 Å². The Morgan fingerprint density at radius 1 is 0.951 bits per heavy atom. The number of benzene rings is 3. The van der Waals surface area contributed by atoms with Crippen LogP contribution in [-0.2, 0) is 26.2 Å². The predicted octanol–water partition coefficient (Wildman–Crippen LogP) is 5.41. The van der Waals surface area contributed by atoms with Gasteiger partial charge in [0.05, 0.1) is 17.2 Å². The van der Waals surface area contributed by atoms with Crippen molar-refractivity contribution in [1.29, 1.82) is 0 Å². The average molecular weight is 604 g/mol. The fourth-order valence-electron chi connectivity index (χ4n) is 4.21. The molecule has 41 heavy (non-hydrogen) atoms. The monoisotopic (exact) mass is 603 g/mol. The molecule has 3 aromatic carbocycles. The summed E-state index contributed by atoms with van der Waals surface area (Å²) in [7, 11) is -4.23. The van der Waals surface area contributed by atoms with E-state index in [2.05, 4.69) is 5.32 Å². The quantitative estimate of drug-likeness (QED) is 0.266. The number of hydrogen-bond acceptors (Lipinski definition) is 5. The van der Waals surface area contributed by atoms with Gasteiger partial charge in [-0.15, -0.1) is 0 Å². The van der Waals surface area contributed by atoms with Crippen LogP contribution in [0.5, 0.6) is 5.75 Å². The number of nitrogens with zero attached hydrogens (tertiary/aromatic N) is 2. The summed E-state index contributed by atoms with van der Waals surface area (Å²) in [5.74, 6) is -0.838. The van der Waals surface area contributed by atoms with E-state index in [1.165, 1.54) is 53.4 Å². The molecule has 2 amide bonds. The molecule has 3 rings (SSSR count). The Hall–Kier alpha value is -3.63. The molecule has 0 aliphatic carbocycles. The number of anilines is 1. The van der Waals surface area contributed by atoms with Gasteiger partial charge in [-0.25, -0.2) is 12.8 Å². The van der Waals surface area contributed by atoms with Gasteiger partial charge in [-0.1, -0.05) is 37.6 Å². The molecule has 11 heteroatoms. The Kier molecular flexibility index (Phi) is 11.5. The van der Waals surface area contributed by atoms with Crippen molar-refractivity contribution in [2.45, 2.75) is 51.1 Å². The molecule has 0 aromatic heterocycles. The minimum Gasteiger partial charge on any atom is -0.494 e. The minimum absolute atomic E-state index is 0.0186. The first-order valence-corrected chi connectivity index (χ1v) is 15.2. The molecule has 3 aromatic rings. The van der Waals surface area contributed by atoms with Crippen LogP contribution in [0.1, 0.15) is 39.2 Å². The van der Waals surface area contributed by atoms with Gasteiger partial charge in [0.15, 0.2) is 0 Å². The maximum atomic E-state index is 14.0. The van der Waals surface area contributed by atoms with Crippen molar-refractivity contribution >= 4 is 39.1 Å². The zero-order valence-corrected chi connectivity index (χ0v) is 24.9. The van der Waals surface area contributed by atoms with Crippen molar-refractivity contribution in [1.82, 2.24) is 10.2 Å². The number of ether oxygens (including phenoxy) is 1. The molecule has 0 aliphatic rings. The van der Waals surface area contributed by atoms with E-state index in [0.717, 1.165) is 4.31 Å². The van der Waals surface area contributed by atoms with Crippen LogP contribution in [0.25, 0.3) is 0 Å². The van der Waals surface area contributed by atoms with Crippen LogP contribution in [0.3, 0.4) is 0 Å². The topological polar surface area (TPSA) is 96.0 Å². The van der Waals surface area contributed by atoms with Crippen molar-refractivity contribution in [3.63, 3.8) is 0 Å². The second-order valence-electron chi connectivity index (χ2n) is 9.26. The summed E-state index contributed by atoms with van der Waals surface area (Å²) in [5.41, 5.74) is 0.830. The Labute approximate surface area is 246 Å². The van der Waals surface area contributed by atoms with E-state index < -0.39 is 34.3 Å². The van der Waals surface area contributed by atoms with Gasteiger partial charge in [-0.2, -0.15) is 0 Å². The average Bonchev–Trinajstić information content (AvgIpc) is 2.96. The van der Waals surface area contributed by atoms with Crippen LogP contribution in [-0.4, -0.2) is 50.9 Å². The summed E-state index contributed by atoms with van der Waals surface area (Å²) in [4.78, 5) is 28.4. The van der Waals surface area contributed by atoms with Crippen LogP contribution in [0.15, 0.2) is 77.7 Å². The zero-order chi connectivity index (χ0) is 30.0. The summed E-state index contributed by atoms with van der Waals surface area (Å²) in [6, 6.07) is 16.7. The SMILES string of the molecule is CCCNC(=O)[C@H](CC)N(Cc1ccc(F)cc1)C(=O)CN(c1ccc(OCC)cc1)S(=O)(=O)c1ccc(Cl)cc1. The highest BCUT2D eigenvalue weighted by Gasteiger charge is 2.33. The van der Waals surface area contributed by atoms with Crippen LogP contribution < -0.4 is 14.4 Å². The Morgan fingerprint density at radius 2 is 1.59 bits per heavy atom. The highest BCUT2D eigenvalue weighted by molar-refractivity contribution is 7.92. The van der Waals surface area contributed by atoms with Crippen LogP contribution in [0.4, 0.5) is 10.1 Å². The summed E-state index contributed by atoms with van der Waals surface area (Å²) >= 11 is 5.99. The number of sulfonamides is 1. The molecule has 0 spiro atoms. The highest BCUT2D eigenvalue weighted by atomic mass is 35.5. The van der Waals surface area contributed by atoms with E-state index in [1.54, 1.807) is 31.2 Å².